The summed E-state index contributed by atoms with van der Waals surface area (Å²) < 4.78 is 25.5. The summed E-state index contributed by atoms with van der Waals surface area (Å²) in [6.45, 7) is 0.407. The molecule has 0 saturated carbocycles. The first kappa shape index (κ1) is 12.5. The molecule has 1 aliphatic rings. The van der Waals surface area contributed by atoms with Crippen molar-refractivity contribution in [2.45, 2.75) is 4.90 Å². The number of benzene rings is 1. The topological polar surface area (TPSA) is 90.3 Å². The van der Waals surface area contributed by atoms with Crippen LogP contribution in [0, 0.1) is 11.3 Å². The summed E-state index contributed by atoms with van der Waals surface area (Å²) in [5.41, 5.74) is 0.394. The van der Waals surface area contributed by atoms with Crippen molar-refractivity contribution in [3.63, 3.8) is 0 Å². The van der Waals surface area contributed by atoms with Gasteiger partial charge >= 0.3 is 0 Å². The van der Waals surface area contributed by atoms with Crippen LogP contribution in [0.15, 0.2) is 29.2 Å². The molecule has 6 nitrogen and oxygen atoms in total. The van der Waals surface area contributed by atoms with Gasteiger partial charge < -0.3 is 5.32 Å². The maximum atomic E-state index is 12.2. The lowest BCUT2D eigenvalue weighted by atomic mass is 10.2. The van der Waals surface area contributed by atoms with Crippen LogP contribution < -0.4 is 5.32 Å². The number of nitriles is 1. The molecule has 1 aliphatic heterocycles. The smallest absolute Gasteiger partial charge is 0.243 e. The molecule has 1 aromatic carbocycles. The van der Waals surface area contributed by atoms with E-state index in [4.69, 9.17) is 5.26 Å². The number of hydrogen-bond acceptors (Lipinski definition) is 4. The molecule has 0 aliphatic carbocycles. The van der Waals surface area contributed by atoms with Gasteiger partial charge in [-0.25, -0.2) is 8.42 Å². The Balaban J connectivity index is 2.29. The third-order valence-electron chi connectivity index (χ3n) is 2.62. The molecule has 1 fully saturated rings. The Hall–Kier alpha value is -1.91. The Morgan fingerprint density at radius 2 is 1.94 bits per heavy atom. The highest BCUT2D eigenvalue weighted by Crippen LogP contribution is 2.16. The first-order valence-corrected chi connectivity index (χ1v) is 6.75. The quantitative estimate of drug-likeness (QED) is 0.793. The summed E-state index contributed by atoms with van der Waals surface area (Å²) in [6.07, 6.45) is 0. The van der Waals surface area contributed by atoms with Gasteiger partial charge in [0.1, 0.15) is 0 Å². The molecule has 1 heterocycles. The van der Waals surface area contributed by atoms with E-state index in [1.54, 1.807) is 0 Å². The SMILES string of the molecule is N#Cc1ccc(S(=O)(=O)N2CCNC(=O)C2)cc1. The monoisotopic (exact) mass is 265 g/mol. The van der Waals surface area contributed by atoms with Crippen LogP contribution in [-0.2, 0) is 14.8 Å². The number of hydrogen-bond donors (Lipinski definition) is 1. The minimum absolute atomic E-state index is 0.0937. The lowest BCUT2D eigenvalue weighted by Crippen LogP contribution is -2.49. The third-order valence-corrected chi connectivity index (χ3v) is 4.48. The predicted octanol–water partition coefficient (Wildman–Crippen LogP) is -0.321. The van der Waals surface area contributed by atoms with Crippen molar-refractivity contribution in [3.05, 3.63) is 29.8 Å². The molecule has 0 unspecified atom stereocenters. The van der Waals surface area contributed by atoms with Crippen molar-refractivity contribution in [1.82, 2.24) is 9.62 Å². The maximum absolute atomic E-state index is 12.2. The number of nitrogens with zero attached hydrogens (tertiary/aromatic N) is 2. The average molecular weight is 265 g/mol. The van der Waals surface area contributed by atoms with E-state index in [1.165, 1.54) is 24.3 Å². The van der Waals surface area contributed by atoms with E-state index in [-0.39, 0.29) is 23.9 Å². The van der Waals surface area contributed by atoms with E-state index in [0.717, 1.165) is 4.31 Å². The van der Waals surface area contributed by atoms with Gasteiger partial charge in [0.15, 0.2) is 0 Å². The van der Waals surface area contributed by atoms with Crippen LogP contribution in [-0.4, -0.2) is 38.3 Å². The summed E-state index contributed by atoms with van der Waals surface area (Å²) in [6, 6.07) is 7.55. The molecule has 18 heavy (non-hydrogen) atoms. The molecule has 2 rings (SSSR count). The number of piperazine rings is 1. The highest BCUT2D eigenvalue weighted by Gasteiger charge is 2.28. The Morgan fingerprint density at radius 1 is 1.28 bits per heavy atom. The molecule has 1 aromatic rings. The highest BCUT2D eigenvalue weighted by molar-refractivity contribution is 7.89. The summed E-state index contributed by atoms with van der Waals surface area (Å²) in [7, 11) is -3.66. The standard InChI is InChI=1S/C11H11N3O3S/c12-7-9-1-3-10(4-2-9)18(16,17)14-6-5-13-11(15)8-14/h1-4H,5-6,8H2,(H,13,15). The number of carbonyl (C=O) groups excluding carboxylic acids is 1. The number of sulfonamides is 1. The van der Waals surface area contributed by atoms with Crippen LogP contribution in [0.25, 0.3) is 0 Å². The van der Waals surface area contributed by atoms with Crippen LogP contribution in [0.4, 0.5) is 0 Å². The summed E-state index contributed by atoms with van der Waals surface area (Å²) >= 11 is 0. The fourth-order valence-corrected chi connectivity index (χ4v) is 3.07. The molecule has 0 bridgehead atoms. The van der Waals surface area contributed by atoms with Crippen LogP contribution in [0.1, 0.15) is 5.56 Å². The largest absolute Gasteiger partial charge is 0.354 e. The van der Waals surface area contributed by atoms with Crippen molar-refractivity contribution < 1.29 is 13.2 Å². The van der Waals surface area contributed by atoms with Gasteiger partial charge in [0.25, 0.3) is 0 Å². The van der Waals surface area contributed by atoms with Crippen molar-refractivity contribution in [2.75, 3.05) is 19.6 Å². The highest BCUT2D eigenvalue weighted by atomic mass is 32.2. The zero-order valence-electron chi connectivity index (χ0n) is 9.46. The van der Waals surface area contributed by atoms with E-state index >= 15 is 0 Å². The third kappa shape index (κ3) is 2.34. The van der Waals surface area contributed by atoms with Gasteiger partial charge in [0, 0.05) is 13.1 Å². The number of amides is 1. The second-order valence-electron chi connectivity index (χ2n) is 3.82. The van der Waals surface area contributed by atoms with Crippen molar-refractivity contribution >= 4 is 15.9 Å². The Kier molecular flexibility index (Phi) is 3.32. The van der Waals surface area contributed by atoms with Crippen LogP contribution in [0.3, 0.4) is 0 Å². The second kappa shape index (κ2) is 4.76. The van der Waals surface area contributed by atoms with Crippen molar-refractivity contribution in [2.24, 2.45) is 0 Å². The van der Waals surface area contributed by atoms with Crippen LogP contribution in [0.2, 0.25) is 0 Å². The molecule has 7 heteroatoms. The molecular formula is C11H11N3O3S. The van der Waals surface area contributed by atoms with Gasteiger partial charge in [0.2, 0.25) is 15.9 Å². The lowest BCUT2D eigenvalue weighted by molar-refractivity contribution is -0.122. The van der Waals surface area contributed by atoms with E-state index in [9.17, 15) is 13.2 Å². The van der Waals surface area contributed by atoms with Gasteiger partial charge in [-0.1, -0.05) is 0 Å². The van der Waals surface area contributed by atoms with Crippen molar-refractivity contribution in [3.8, 4) is 6.07 Å². The Morgan fingerprint density at radius 3 is 2.50 bits per heavy atom. The van der Waals surface area contributed by atoms with E-state index in [1.807, 2.05) is 6.07 Å². The zero-order valence-corrected chi connectivity index (χ0v) is 10.3. The molecule has 1 saturated heterocycles. The van der Waals surface area contributed by atoms with Gasteiger partial charge in [-0.15, -0.1) is 0 Å². The molecule has 0 aromatic heterocycles. The van der Waals surface area contributed by atoms with Gasteiger partial charge in [-0.2, -0.15) is 9.57 Å². The van der Waals surface area contributed by atoms with Crippen LogP contribution >= 0.6 is 0 Å². The van der Waals surface area contributed by atoms with Gasteiger partial charge in [0.05, 0.1) is 23.1 Å². The number of rotatable bonds is 2. The second-order valence-corrected chi connectivity index (χ2v) is 5.76. The minimum Gasteiger partial charge on any atom is -0.354 e. The van der Waals surface area contributed by atoms with E-state index < -0.39 is 10.0 Å². The molecule has 0 atom stereocenters. The normalized spacial score (nSPS) is 16.9. The first-order chi connectivity index (χ1) is 8.54. The van der Waals surface area contributed by atoms with E-state index in [0.29, 0.717) is 12.1 Å². The summed E-state index contributed by atoms with van der Waals surface area (Å²) in [5, 5.41) is 11.2. The predicted molar refractivity (Wildman–Crippen MR) is 62.9 cm³/mol. The first-order valence-electron chi connectivity index (χ1n) is 5.31. The molecule has 94 valence electrons. The maximum Gasteiger partial charge on any atom is 0.243 e. The lowest BCUT2D eigenvalue weighted by Gasteiger charge is -2.25. The molecule has 1 amide bonds. The minimum atomic E-state index is -3.66. The van der Waals surface area contributed by atoms with Gasteiger partial charge in [-0.05, 0) is 24.3 Å². The molecule has 1 N–H and O–H groups in total. The fraction of sp³-hybridized carbons (Fsp3) is 0.273. The summed E-state index contributed by atoms with van der Waals surface area (Å²) in [5.74, 6) is -0.307. The molecule has 0 radical (unpaired) electrons. The Labute approximate surface area is 105 Å². The summed E-state index contributed by atoms with van der Waals surface area (Å²) in [4.78, 5) is 11.3. The number of carbonyl (C=O) groups is 1. The van der Waals surface area contributed by atoms with Crippen molar-refractivity contribution in [1.29, 1.82) is 5.26 Å². The van der Waals surface area contributed by atoms with Crippen LogP contribution in [0.5, 0.6) is 0 Å². The van der Waals surface area contributed by atoms with E-state index in [2.05, 4.69) is 5.32 Å². The molecule has 0 spiro atoms. The average Bonchev–Trinajstić information content (AvgIpc) is 2.39. The molecular weight excluding hydrogens is 254 g/mol. The fourth-order valence-electron chi connectivity index (χ4n) is 1.67. The Bertz CT molecular complexity index is 601. The van der Waals surface area contributed by atoms with Gasteiger partial charge in [-0.3, -0.25) is 4.79 Å². The zero-order chi connectivity index (χ0) is 13.2. The number of nitrogens with one attached hydrogen (secondary N) is 1.